The van der Waals surface area contributed by atoms with Gasteiger partial charge in [-0.15, -0.1) is 24.9 Å². The van der Waals surface area contributed by atoms with Gasteiger partial charge in [-0.2, -0.15) is 0 Å². The molecule has 0 bridgehead atoms. The predicted octanol–water partition coefficient (Wildman–Crippen LogP) is 6.88. The molecule has 0 atom stereocenters. The van der Waals surface area contributed by atoms with Gasteiger partial charge in [-0.25, -0.2) is 4.79 Å². The number of carbonyl (C=O) groups is 1. The number of alkyl halides is 3. The van der Waals surface area contributed by atoms with Crippen molar-refractivity contribution in [2.75, 3.05) is 12.4 Å². The number of carboxylic acids is 1. The molecule has 0 unspecified atom stereocenters. The number of benzene rings is 3. The van der Waals surface area contributed by atoms with E-state index in [4.69, 9.17) is 9.84 Å². The van der Waals surface area contributed by atoms with E-state index >= 15 is 0 Å². The first-order valence-corrected chi connectivity index (χ1v) is 11.7. The molecule has 0 heterocycles. The van der Waals surface area contributed by atoms with Gasteiger partial charge in [0.2, 0.25) is 0 Å². The Bertz CT molecular complexity index is 1130. The largest absolute Gasteiger partial charge is 0.573 e. The first-order valence-electron chi connectivity index (χ1n) is 9.60. The van der Waals surface area contributed by atoms with Crippen molar-refractivity contribution in [3.05, 3.63) is 93.6 Å². The molecule has 3 aromatic rings. The molecule has 3 aromatic carbocycles. The van der Waals surface area contributed by atoms with Crippen LogP contribution in [0.5, 0.6) is 11.5 Å². The number of halogens is 4. The minimum atomic E-state index is -4.76. The average molecular weight is 586 g/mol. The Morgan fingerprint density at radius 1 is 0.970 bits per heavy atom. The van der Waals surface area contributed by atoms with Crippen molar-refractivity contribution < 1.29 is 32.5 Å². The summed E-state index contributed by atoms with van der Waals surface area (Å²) in [5.74, 6) is -0.305. The third kappa shape index (κ3) is 8.01. The fourth-order valence-corrected chi connectivity index (χ4v) is 4.67. The normalized spacial score (nSPS) is 11.8. The van der Waals surface area contributed by atoms with Crippen LogP contribution >= 0.6 is 34.4 Å². The lowest BCUT2D eigenvalue weighted by molar-refractivity contribution is -0.274. The van der Waals surface area contributed by atoms with E-state index in [9.17, 15) is 18.0 Å². The fraction of sp³-hybridized carbons (Fsp3) is 0.125. The summed E-state index contributed by atoms with van der Waals surface area (Å²) >= 11 is 3.69. The van der Waals surface area contributed by atoms with Crippen LogP contribution in [-0.4, -0.2) is 29.8 Å². The van der Waals surface area contributed by atoms with Gasteiger partial charge < -0.3 is 14.6 Å². The Morgan fingerprint density at radius 3 is 2.36 bits per heavy atom. The van der Waals surface area contributed by atoms with Crippen LogP contribution in [0.1, 0.15) is 11.1 Å². The van der Waals surface area contributed by atoms with Gasteiger partial charge in [0, 0.05) is 14.2 Å². The molecule has 4 nitrogen and oxygen atoms in total. The zero-order chi connectivity index (χ0) is 23.8. The third-order valence-corrected chi connectivity index (χ3v) is 6.51. The van der Waals surface area contributed by atoms with Gasteiger partial charge in [-0.05, 0) is 69.6 Å². The maximum atomic E-state index is 12.7. The smallest absolute Gasteiger partial charge is 0.482 e. The monoisotopic (exact) mass is 586 g/mol. The van der Waals surface area contributed by atoms with Gasteiger partial charge in [-0.1, -0.05) is 48.5 Å². The average Bonchev–Trinajstić information content (AvgIpc) is 2.76. The van der Waals surface area contributed by atoms with Crippen molar-refractivity contribution in [1.29, 1.82) is 0 Å². The van der Waals surface area contributed by atoms with Gasteiger partial charge in [0.15, 0.2) is 6.61 Å². The minimum Gasteiger partial charge on any atom is -0.482 e. The Balaban J connectivity index is 1.81. The number of hydrogen-bond acceptors (Lipinski definition) is 4. The lowest BCUT2D eigenvalue weighted by Crippen LogP contribution is -2.17. The van der Waals surface area contributed by atoms with Crippen LogP contribution in [0.3, 0.4) is 0 Å². The van der Waals surface area contributed by atoms with E-state index in [1.54, 1.807) is 30.0 Å². The van der Waals surface area contributed by atoms with Crippen LogP contribution in [0.2, 0.25) is 0 Å². The van der Waals surface area contributed by atoms with Crippen LogP contribution in [0.15, 0.2) is 83.8 Å². The Hall–Kier alpha value is -2.66. The van der Waals surface area contributed by atoms with Crippen molar-refractivity contribution in [2.24, 2.45) is 0 Å². The number of hydrogen-bond donors (Lipinski definition) is 1. The van der Waals surface area contributed by atoms with Crippen molar-refractivity contribution >= 4 is 45.9 Å². The molecule has 0 fully saturated rings. The summed E-state index contributed by atoms with van der Waals surface area (Å²) in [5, 5.41) is 8.73. The summed E-state index contributed by atoms with van der Waals surface area (Å²) in [6.07, 6.45) is -2.81. The standard InChI is InChI=1S/C24H18F3IO4S/c25-24(26,27)32-19-8-4-7-17(13-19)20(16-5-2-1-3-6-16)11-12-33-22-10-9-18(14-21(22)28)31-15-23(29)30/h1-11,13-14H,12,15H2,(H,29,30). The molecule has 0 aliphatic rings. The van der Waals surface area contributed by atoms with Crippen molar-refractivity contribution in [3.63, 3.8) is 0 Å². The molecule has 0 amide bonds. The van der Waals surface area contributed by atoms with Crippen molar-refractivity contribution in [3.8, 4) is 11.5 Å². The summed E-state index contributed by atoms with van der Waals surface area (Å²) in [5.41, 5.74) is 2.26. The number of rotatable bonds is 9. The third-order valence-electron chi connectivity index (χ3n) is 4.26. The van der Waals surface area contributed by atoms with Crippen LogP contribution in [-0.2, 0) is 4.79 Å². The molecule has 172 valence electrons. The highest BCUT2D eigenvalue weighted by atomic mass is 127. The van der Waals surface area contributed by atoms with E-state index in [1.165, 1.54) is 18.2 Å². The first-order chi connectivity index (χ1) is 15.7. The topological polar surface area (TPSA) is 55.8 Å². The van der Waals surface area contributed by atoms with Crippen LogP contribution < -0.4 is 9.47 Å². The van der Waals surface area contributed by atoms with Crippen LogP contribution in [0.4, 0.5) is 13.2 Å². The second kappa shape index (κ2) is 11.5. The Morgan fingerprint density at radius 2 is 1.70 bits per heavy atom. The van der Waals surface area contributed by atoms with Crippen molar-refractivity contribution in [1.82, 2.24) is 0 Å². The molecule has 3 rings (SSSR count). The van der Waals surface area contributed by atoms with Gasteiger partial charge in [0.1, 0.15) is 11.5 Å². The van der Waals surface area contributed by atoms with Crippen LogP contribution in [0, 0.1) is 3.57 Å². The minimum absolute atomic E-state index is 0.277. The molecule has 0 saturated carbocycles. The summed E-state index contributed by atoms with van der Waals surface area (Å²) in [6.45, 7) is -0.414. The lowest BCUT2D eigenvalue weighted by Gasteiger charge is -2.13. The van der Waals surface area contributed by atoms with Gasteiger partial charge in [-0.3, -0.25) is 0 Å². The molecular weight excluding hydrogens is 568 g/mol. The lowest BCUT2D eigenvalue weighted by atomic mass is 9.98. The van der Waals surface area contributed by atoms with Crippen molar-refractivity contribution in [2.45, 2.75) is 11.3 Å². The summed E-state index contributed by atoms with van der Waals surface area (Å²) in [7, 11) is 0. The van der Waals surface area contributed by atoms with E-state index in [1.807, 2.05) is 42.5 Å². The number of aliphatic carboxylic acids is 1. The number of ether oxygens (including phenoxy) is 2. The molecule has 9 heteroatoms. The highest BCUT2D eigenvalue weighted by molar-refractivity contribution is 14.1. The molecule has 0 aliphatic heterocycles. The molecular formula is C24H18F3IO4S. The molecule has 0 aliphatic carbocycles. The summed E-state index contributed by atoms with van der Waals surface area (Å²) in [6, 6.07) is 20.6. The Labute approximate surface area is 206 Å². The number of carboxylic acid groups (broad SMARTS) is 1. The molecule has 0 spiro atoms. The van der Waals surface area contributed by atoms with Gasteiger partial charge in [0.25, 0.3) is 0 Å². The predicted molar refractivity (Wildman–Crippen MR) is 130 cm³/mol. The SMILES string of the molecule is O=C(O)COc1ccc(SCC=C(c2ccccc2)c2cccc(OC(F)(F)F)c2)c(I)c1. The van der Waals surface area contributed by atoms with E-state index in [0.29, 0.717) is 17.1 Å². The zero-order valence-electron chi connectivity index (χ0n) is 17.0. The van der Waals surface area contributed by atoms with Gasteiger partial charge in [0.05, 0.1) is 0 Å². The summed E-state index contributed by atoms with van der Waals surface area (Å²) in [4.78, 5) is 11.6. The summed E-state index contributed by atoms with van der Waals surface area (Å²) < 4.78 is 48.2. The fourth-order valence-electron chi connectivity index (χ4n) is 2.93. The van der Waals surface area contributed by atoms with E-state index < -0.39 is 18.9 Å². The molecule has 1 N–H and O–H groups in total. The molecule has 33 heavy (non-hydrogen) atoms. The molecule has 0 radical (unpaired) electrons. The second-order valence-corrected chi connectivity index (χ2v) is 8.87. The van der Waals surface area contributed by atoms with E-state index in [-0.39, 0.29) is 5.75 Å². The first kappa shape index (κ1) is 25.0. The zero-order valence-corrected chi connectivity index (χ0v) is 20.0. The quantitative estimate of drug-likeness (QED) is 0.219. The Kier molecular flexibility index (Phi) is 8.67. The highest BCUT2D eigenvalue weighted by Gasteiger charge is 2.31. The van der Waals surface area contributed by atoms with E-state index in [2.05, 4.69) is 27.3 Å². The van der Waals surface area contributed by atoms with Gasteiger partial charge >= 0.3 is 12.3 Å². The highest BCUT2D eigenvalue weighted by Crippen LogP contribution is 2.32. The second-order valence-electron chi connectivity index (χ2n) is 6.65. The molecule has 0 saturated heterocycles. The molecule has 0 aromatic heterocycles. The maximum absolute atomic E-state index is 12.7. The van der Waals surface area contributed by atoms with E-state index in [0.717, 1.165) is 19.6 Å². The number of thioether (sulfide) groups is 1. The van der Waals surface area contributed by atoms with Crippen LogP contribution in [0.25, 0.3) is 5.57 Å². The maximum Gasteiger partial charge on any atom is 0.573 e.